The summed E-state index contributed by atoms with van der Waals surface area (Å²) in [5, 5.41) is 3.24. The Morgan fingerprint density at radius 2 is 1.52 bits per heavy atom. The van der Waals surface area contributed by atoms with E-state index in [0.29, 0.717) is 0 Å². The van der Waals surface area contributed by atoms with E-state index >= 15 is 0 Å². The van der Waals surface area contributed by atoms with Crippen LogP contribution in [0.1, 0.15) is 18.1 Å². The third kappa shape index (κ3) is 3.16. The number of nitrogens with one attached hydrogen (secondary N) is 1. The fraction of sp³-hybridized carbons (Fsp3) is 0.190. The van der Waals surface area contributed by atoms with Gasteiger partial charge in [-0.25, -0.2) is 0 Å². The monoisotopic (exact) mass is 365 g/mol. The SMILES string of the molecule is CC1(c2ccccc2)C=C(c2ccccc2)C(=C2SCCS2)C(=O)N1. The molecule has 2 nitrogen and oxygen atoms in total. The van der Waals surface area contributed by atoms with Crippen LogP contribution in [-0.2, 0) is 10.3 Å². The fourth-order valence-corrected chi connectivity index (χ4v) is 5.83. The van der Waals surface area contributed by atoms with Crippen LogP contribution in [0.4, 0.5) is 0 Å². The van der Waals surface area contributed by atoms with Gasteiger partial charge in [-0.05, 0) is 29.7 Å². The van der Waals surface area contributed by atoms with E-state index in [1.807, 2.05) is 36.4 Å². The molecule has 2 aliphatic heterocycles. The highest BCUT2D eigenvalue weighted by Gasteiger charge is 2.36. The lowest BCUT2D eigenvalue weighted by Gasteiger charge is -2.35. The van der Waals surface area contributed by atoms with Gasteiger partial charge in [-0.2, -0.15) is 0 Å². The van der Waals surface area contributed by atoms with E-state index in [1.165, 1.54) is 0 Å². The lowest BCUT2D eigenvalue weighted by molar-refractivity contribution is -0.118. The third-order valence-electron chi connectivity index (χ3n) is 4.51. The summed E-state index contributed by atoms with van der Waals surface area (Å²) in [4.78, 5) is 13.1. The Labute approximate surface area is 156 Å². The molecular weight excluding hydrogens is 346 g/mol. The van der Waals surface area contributed by atoms with Crippen LogP contribution in [0.2, 0.25) is 0 Å². The van der Waals surface area contributed by atoms with Crippen molar-refractivity contribution in [1.29, 1.82) is 0 Å². The highest BCUT2D eigenvalue weighted by Crippen LogP contribution is 2.45. The molecule has 4 rings (SSSR count). The Morgan fingerprint density at radius 3 is 2.16 bits per heavy atom. The second-order valence-electron chi connectivity index (χ2n) is 6.31. The van der Waals surface area contributed by atoms with Crippen LogP contribution in [0.5, 0.6) is 0 Å². The highest BCUT2D eigenvalue weighted by molar-refractivity contribution is 8.25. The van der Waals surface area contributed by atoms with Crippen LogP contribution in [0, 0.1) is 0 Å². The van der Waals surface area contributed by atoms with Gasteiger partial charge in [0.1, 0.15) is 0 Å². The largest absolute Gasteiger partial charge is 0.339 e. The molecule has 2 aliphatic rings. The molecule has 0 aromatic heterocycles. The van der Waals surface area contributed by atoms with E-state index in [1.54, 1.807) is 23.5 Å². The number of carbonyl (C=O) groups excluding carboxylic acids is 1. The van der Waals surface area contributed by atoms with Gasteiger partial charge in [0.15, 0.2) is 0 Å². The fourth-order valence-electron chi connectivity index (χ4n) is 3.26. The maximum absolute atomic E-state index is 13.1. The minimum absolute atomic E-state index is 0.0182. The molecule has 1 fully saturated rings. The quantitative estimate of drug-likeness (QED) is 0.775. The van der Waals surface area contributed by atoms with Crippen molar-refractivity contribution >= 4 is 35.0 Å². The summed E-state index contributed by atoms with van der Waals surface area (Å²) < 4.78 is 1.14. The average Bonchev–Trinajstić information content (AvgIpc) is 3.17. The smallest absolute Gasteiger partial charge is 0.254 e. The Balaban J connectivity index is 1.91. The van der Waals surface area contributed by atoms with Crippen molar-refractivity contribution < 1.29 is 4.79 Å². The van der Waals surface area contributed by atoms with E-state index in [4.69, 9.17) is 0 Å². The molecule has 0 saturated carbocycles. The van der Waals surface area contributed by atoms with E-state index in [9.17, 15) is 4.79 Å². The molecule has 0 radical (unpaired) electrons. The predicted molar refractivity (Wildman–Crippen MR) is 108 cm³/mol. The first-order chi connectivity index (χ1) is 12.2. The van der Waals surface area contributed by atoms with E-state index in [2.05, 4.69) is 42.6 Å². The number of carbonyl (C=O) groups is 1. The molecule has 2 heterocycles. The Morgan fingerprint density at radius 1 is 0.920 bits per heavy atom. The molecule has 1 atom stereocenters. The summed E-state index contributed by atoms with van der Waals surface area (Å²) in [5.74, 6) is 2.15. The summed E-state index contributed by atoms with van der Waals surface area (Å²) in [7, 11) is 0. The molecule has 4 heteroatoms. The van der Waals surface area contributed by atoms with Gasteiger partial charge in [0.05, 0.1) is 15.3 Å². The van der Waals surface area contributed by atoms with Gasteiger partial charge in [-0.15, -0.1) is 23.5 Å². The second kappa shape index (κ2) is 6.77. The van der Waals surface area contributed by atoms with Gasteiger partial charge in [0, 0.05) is 11.5 Å². The first-order valence-electron chi connectivity index (χ1n) is 8.34. The van der Waals surface area contributed by atoms with Gasteiger partial charge >= 0.3 is 0 Å². The number of amides is 1. The molecule has 1 saturated heterocycles. The topological polar surface area (TPSA) is 29.1 Å². The van der Waals surface area contributed by atoms with Gasteiger partial charge in [0.2, 0.25) is 0 Å². The number of rotatable bonds is 2. The molecule has 2 aromatic carbocycles. The van der Waals surface area contributed by atoms with Crippen LogP contribution in [0.3, 0.4) is 0 Å². The zero-order valence-corrected chi connectivity index (χ0v) is 15.6. The highest BCUT2D eigenvalue weighted by atomic mass is 32.2. The average molecular weight is 366 g/mol. The molecule has 2 aromatic rings. The summed E-state index contributed by atoms with van der Waals surface area (Å²) in [5.41, 5.74) is 3.53. The minimum Gasteiger partial charge on any atom is -0.339 e. The summed E-state index contributed by atoms with van der Waals surface area (Å²) >= 11 is 3.58. The Kier molecular flexibility index (Phi) is 4.48. The third-order valence-corrected chi connectivity index (χ3v) is 7.23. The Hall–Kier alpha value is -1.91. The normalized spacial score (nSPS) is 23.4. The van der Waals surface area contributed by atoms with Gasteiger partial charge in [-0.3, -0.25) is 4.79 Å². The van der Waals surface area contributed by atoms with Crippen molar-refractivity contribution in [3.8, 4) is 0 Å². The zero-order valence-electron chi connectivity index (χ0n) is 14.0. The minimum atomic E-state index is -0.512. The van der Waals surface area contributed by atoms with E-state index in [-0.39, 0.29) is 5.91 Å². The maximum Gasteiger partial charge on any atom is 0.254 e. The van der Waals surface area contributed by atoms with Crippen molar-refractivity contribution in [3.05, 3.63) is 87.7 Å². The summed E-state index contributed by atoms with van der Waals surface area (Å²) in [6.07, 6.45) is 2.21. The summed E-state index contributed by atoms with van der Waals surface area (Å²) in [6.45, 7) is 2.07. The second-order valence-corrected chi connectivity index (χ2v) is 8.77. The van der Waals surface area contributed by atoms with Crippen molar-refractivity contribution in [2.24, 2.45) is 0 Å². The number of benzene rings is 2. The van der Waals surface area contributed by atoms with Crippen LogP contribution < -0.4 is 5.32 Å². The molecule has 1 unspecified atom stereocenters. The summed E-state index contributed by atoms with van der Waals surface area (Å²) in [6, 6.07) is 20.4. The standard InChI is InChI=1S/C21H19NOS2/c1-21(16-10-6-3-7-11-16)14-17(15-8-4-2-5-9-15)18(19(23)22-21)20-24-12-13-25-20/h2-11,14H,12-13H2,1H3,(H,22,23). The molecule has 1 N–H and O–H groups in total. The number of hydrogen-bond acceptors (Lipinski definition) is 3. The number of hydrogen-bond donors (Lipinski definition) is 1. The van der Waals surface area contributed by atoms with Crippen molar-refractivity contribution in [1.82, 2.24) is 5.32 Å². The van der Waals surface area contributed by atoms with Gasteiger partial charge in [0.25, 0.3) is 5.91 Å². The van der Waals surface area contributed by atoms with Crippen molar-refractivity contribution in [2.75, 3.05) is 11.5 Å². The molecule has 0 aliphatic carbocycles. The van der Waals surface area contributed by atoms with E-state index < -0.39 is 5.54 Å². The van der Waals surface area contributed by atoms with E-state index in [0.717, 1.165) is 38.0 Å². The lowest BCUT2D eigenvalue weighted by Crippen LogP contribution is -2.46. The van der Waals surface area contributed by atoms with Gasteiger partial charge < -0.3 is 5.32 Å². The first-order valence-corrected chi connectivity index (χ1v) is 10.3. The first kappa shape index (κ1) is 16.6. The van der Waals surface area contributed by atoms with Gasteiger partial charge in [-0.1, -0.05) is 60.7 Å². The number of thioether (sulfide) groups is 2. The molecule has 25 heavy (non-hydrogen) atoms. The predicted octanol–water partition coefficient (Wildman–Crippen LogP) is 4.81. The zero-order chi connectivity index (χ0) is 17.3. The van der Waals surface area contributed by atoms with Crippen LogP contribution in [0.25, 0.3) is 5.57 Å². The maximum atomic E-state index is 13.1. The lowest BCUT2D eigenvalue weighted by atomic mass is 9.82. The van der Waals surface area contributed by atoms with Crippen LogP contribution in [-0.4, -0.2) is 17.4 Å². The molecule has 126 valence electrons. The van der Waals surface area contributed by atoms with Crippen molar-refractivity contribution in [2.45, 2.75) is 12.5 Å². The van der Waals surface area contributed by atoms with Crippen LogP contribution in [0.15, 0.2) is 76.5 Å². The van der Waals surface area contributed by atoms with Crippen LogP contribution >= 0.6 is 23.5 Å². The molecule has 0 bridgehead atoms. The molecule has 0 spiro atoms. The van der Waals surface area contributed by atoms with Crippen molar-refractivity contribution in [3.63, 3.8) is 0 Å². The molecular formula is C21H19NOS2. The Bertz CT molecular complexity index is 850. The molecule has 1 amide bonds.